The van der Waals surface area contributed by atoms with Gasteiger partial charge in [-0.3, -0.25) is 4.79 Å². The molecule has 9 heteroatoms. The van der Waals surface area contributed by atoms with Gasteiger partial charge in [-0.25, -0.2) is 9.50 Å². The second-order valence-corrected chi connectivity index (χ2v) is 7.82. The summed E-state index contributed by atoms with van der Waals surface area (Å²) < 4.78 is 2.07. The van der Waals surface area contributed by atoms with E-state index in [0.717, 1.165) is 25.7 Å². The molecule has 2 atom stereocenters. The summed E-state index contributed by atoms with van der Waals surface area (Å²) in [5.74, 6) is 0.300. The third kappa shape index (κ3) is 3.40. The average molecular weight is 392 g/mol. The Kier molecular flexibility index (Phi) is 4.80. The van der Waals surface area contributed by atoms with Crippen molar-refractivity contribution >= 4 is 46.0 Å². The number of anilines is 2. The second kappa shape index (κ2) is 7.22. The standard InChI is InChI=1S/C17H18ClN5O2S/c18-15-12(6-8-26-15)21-17(25)10-9-19-23-7-5-14(22-16(10)23)20-11-3-1-2-4-13(11)24/h5-9,11,13,24H,1-4H2,(H,20,22)(H,21,25)/t11-,13+/m1/s1. The van der Waals surface area contributed by atoms with Crippen LogP contribution in [0, 0.1) is 0 Å². The van der Waals surface area contributed by atoms with E-state index >= 15 is 0 Å². The number of thiophene rings is 1. The Morgan fingerprint density at radius 1 is 1.35 bits per heavy atom. The third-order valence-corrected chi connectivity index (χ3v) is 5.71. The van der Waals surface area contributed by atoms with Crippen LogP contribution in [0.5, 0.6) is 0 Å². The van der Waals surface area contributed by atoms with Crippen molar-refractivity contribution in [3.8, 4) is 0 Å². The highest BCUT2D eigenvalue weighted by Crippen LogP contribution is 2.28. The van der Waals surface area contributed by atoms with Gasteiger partial charge in [0, 0.05) is 6.20 Å². The minimum atomic E-state index is -0.379. The number of aliphatic hydroxyl groups excluding tert-OH is 1. The van der Waals surface area contributed by atoms with Crippen molar-refractivity contribution in [2.45, 2.75) is 37.8 Å². The fourth-order valence-corrected chi connectivity index (χ4v) is 3.98. The third-order valence-electron chi connectivity index (χ3n) is 4.54. The van der Waals surface area contributed by atoms with Gasteiger partial charge in [-0.15, -0.1) is 11.3 Å². The highest BCUT2D eigenvalue weighted by atomic mass is 35.5. The molecule has 0 unspecified atom stereocenters. The molecule has 3 heterocycles. The first-order chi connectivity index (χ1) is 12.6. The fourth-order valence-electron chi connectivity index (χ4n) is 3.15. The molecule has 7 nitrogen and oxygen atoms in total. The van der Waals surface area contributed by atoms with Gasteiger partial charge in [-0.2, -0.15) is 5.10 Å². The van der Waals surface area contributed by atoms with Crippen LogP contribution in [0.4, 0.5) is 11.5 Å². The van der Waals surface area contributed by atoms with Crippen molar-refractivity contribution < 1.29 is 9.90 Å². The van der Waals surface area contributed by atoms with Crippen LogP contribution in [0.2, 0.25) is 4.34 Å². The zero-order chi connectivity index (χ0) is 18.1. The first-order valence-electron chi connectivity index (χ1n) is 8.45. The van der Waals surface area contributed by atoms with E-state index in [1.165, 1.54) is 17.5 Å². The molecule has 1 saturated carbocycles. The van der Waals surface area contributed by atoms with Gasteiger partial charge in [-0.05, 0) is 30.4 Å². The smallest absolute Gasteiger partial charge is 0.261 e. The maximum atomic E-state index is 12.6. The Bertz CT molecular complexity index is 940. The van der Waals surface area contributed by atoms with Crippen LogP contribution in [-0.4, -0.2) is 37.8 Å². The lowest BCUT2D eigenvalue weighted by Gasteiger charge is -2.28. The summed E-state index contributed by atoms with van der Waals surface area (Å²) in [5.41, 5.74) is 1.38. The molecule has 1 fully saturated rings. The molecule has 4 rings (SSSR count). The Morgan fingerprint density at radius 2 is 2.19 bits per heavy atom. The Labute approximate surface area is 159 Å². The van der Waals surface area contributed by atoms with Crippen LogP contribution in [0.25, 0.3) is 5.65 Å². The summed E-state index contributed by atoms with van der Waals surface area (Å²) in [7, 11) is 0. The predicted octanol–water partition coefficient (Wildman–Crippen LogP) is 3.41. The van der Waals surface area contributed by atoms with Gasteiger partial charge in [0.1, 0.15) is 15.7 Å². The molecular formula is C17H18ClN5O2S. The number of carbonyl (C=O) groups is 1. The molecule has 0 aromatic carbocycles. The van der Waals surface area contributed by atoms with Crippen molar-refractivity contribution in [2.24, 2.45) is 0 Å². The molecule has 26 heavy (non-hydrogen) atoms. The maximum Gasteiger partial charge on any atom is 0.261 e. The minimum absolute atomic E-state index is 0.0245. The molecule has 0 aliphatic heterocycles. The second-order valence-electron chi connectivity index (χ2n) is 6.30. The number of hydrogen-bond donors (Lipinski definition) is 3. The number of amides is 1. The first kappa shape index (κ1) is 17.3. The number of aliphatic hydroxyl groups is 1. The first-order valence-corrected chi connectivity index (χ1v) is 9.71. The highest BCUT2D eigenvalue weighted by Gasteiger charge is 2.23. The number of aromatic nitrogens is 3. The summed E-state index contributed by atoms with van der Waals surface area (Å²) in [6, 6.07) is 3.52. The summed E-state index contributed by atoms with van der Waals surface area (Å²) in [4.78, 5) is 17.1. The predicted molar refractivity (Wildman–Crippen MR) is 102 cm³/mol. The summed E-state index contributed by atoms with van der Waals surface area (Å²) in [6.07, 6.45) is 6.67. The van der Waals surface area contributed by atoms with E-state index in [2.05, 4.69) is 20.7 Å². The fraction of sp³-hybridized carbons (Fsp3) is 0.353. The highest BCUT2D eigenvalue weighted by molar-refractivity contribution is 7.15. The van der Waals surface area contributed by atoms with Crippen LogP contribution in [0.15, 0.2) is 29.9 Å². The van der Waals surface area contributed by atoms with Gasteiger partial charge in [0.15, 0.2) is 5.65 Å². The van der Waals surface area contributed by atoms with E-state index in [4.69, 9.17) is 11.6 Å². The largest absolute Gasteiger partial charge is 0.391 e. The molecule has 1 aliphatic carbocycles. The molecular weight excluding hydrogens is 374 g/mol. The lowest BCUT2D eigenvalue weighted by Crippen LogP contribution is -2.36. The molecule has 1 aliphatic rings. The van der Waals surface area contributed by atoms with Crippen LogP contribution in [0.1, 0.15) is 36.0 Å². The van der Waals surface area contributed by atoms with Crippen LogP contribution in [0.3, 0.4) is 0 Å². The quantitative estimate of drug-likeness (QED) is 0.633. The molecule has 3 aromatic heterocycles. The Balaban J connectivity index is 1.58. The number of rotatable bonds is 4. The minimum Gasteiger partial charge on any atom is -0.391 e. The van der Waals surface area contributed by atoms with Crippen molar-refractivity contribution in [3.05, 3.63) is 39.8 Å². The summed E-state index contributed by atoms with van der Waals surface area (Å²) >= 11 is 7.39. The molecule has 0 spiro atoms. The number of halogens is 1. The maximum absolute atomic E-state index is 12.6. The average Bonchev–Trinajstić information content (AvgIpc) is 3.23. The van der Waals surface area contributed by atoms with Crippen LogP contribution in [-0.2, 0) is 0 Å². The van der Waals surface area contributed by atoms with Crippen molar-refractivity contribution in [3.63, 3.8) is 0 Å². The number of nitrogens with one attached hydrogen (secondary N) is 2. The Morgan fingerprint density at radius 3 is 2.96 bits per heavy atom. The van der Waals surface area contributed by atoms with E-state index in [0.29, 0.717) is 27.1 Å². The number of carbonyl (C=O) groups excluding carboxylic acids is 1. The number of nitrogens with zero attached hydrogens (tertiary/aromatic N) is 3. The van der Waals surface area contributed by atoms with Gasteiger partial charge in [0.2, 0.25) is 0 Å². The monoisotopic (exact) mass is 391 g/mol. The summed E-state index contributed by atoms with van der Waals surface area (Å²) in [6.45, 7) is 0. The van der Waals surface area contributed by atoms with E-state index in [1.807, 2.05) is 5.38 Å². The van der Waals surface area contributed by atoms with E-state index in [-0.39, 0.29) is 18.1 Å². The molecule has 136 valence electrons. The van der Waals surface area contributed by atoms with Crippen molar-refractivity contribution in [2.75, 3.05) is 10.6 Å². The lowest BCUT2D eigenvalue weighted by molar-refractivity contribution is 0.102. The zero-order valence-corrected chi connectivity index (χ0v) is 15.4. The van der Waals surface area contributed by atoms with E-state index < -0.39 is 0 Å². The molecule has 1 amide bonds. The lowest BCUT2D eigenvalue weighted by atomic mass is 9.93. The van der Waals surface area contributed by atoms with E-state index in [9.17, 15) is 9.90 Å². The normalized spacial score (nSPS) is 20.2. The van der Waals surface area contributed by atoms with Crippen LogP contribution >= 0.6 is 22.9 Å². The van der Waals surface area contributed by atoms with Gasteiger partial charge in [0.25, 0.3) is 5.91 Å². The van der Waals surface area contributed by atoms with E-state index in [1.54, 1.807) is 22.8 Å². The topological polar surface area (TPSA) is 91.6 Å². The SMILES string of the molecule is O=C(Nc1ccsc1Cl)c1cnn2ccc(N[C@@H]3CCCC[C@@H]3O)nc12. The number of fused-ring (bicyclic) bond motifs is 1. The zero-order valence-electron chi connectivity index (χ0n) is 13.9. The number of hydrogen-bond acceptors (Lipinski definition) is 6. The molecule has 0 saturated heterocycles. The molecule has 0 bridgehead atoms. The van der Waals surface area contributed by atoms with Crippen LogP contribution < -0.4 is 10.6 Å². The van der Waals surface area contributed by atoms with Gasteiger partial charge < -0.3 is 15.7 Å². The van der Waals surface area contributed by atoms with Crippen molar-refractivity contribution in [1.82, 2.24) is 14.6 Å². The molecule has 3 aromatic rings. The van der Waals surface area contributed by atoms with Crippen molar-refractivity contribution in [1.29, 1.82) is 0 Å². The van der Waals surface area contributed by atoms with Gasteiger partial charge >= 0.3 is 0 Å². The van der Waals surface area contributed by atoms with Gasteiger partial charge in [-0.1, -0.05) is 24.4 Å². The summed E-state index contributed by atoms with van der Waals surface area (Å²) in [5, 5.41) is 22.2. The Hall–Kier alpha value is -2.16. The van der Waals surface area contributed by atoms with Gasteiger partial charge in [0.05, 0.1) is 24.0 Å². The molecule has 3 N–H and O–H groups in total. The molecule has 0 radical (unpaired) electrons.